The lowest BCUT2D eigenvalue weighted by Crippen LogP contribution is -2.42. The fourth-order valence-electron chi connectivity index (χ4n) is 1.30. The van der Waals surface area contributed by atoms with Gasteiger partial charge in [0.25, 0.3) is 0 Å². The Labute approximate surface area is 126 Å². The molecule has 0 aromatic carbocycles. The molecule has 0 aliphatic rings. The van der Waals surface area contributed by atoms with Gasteiger partial charge in [0.05, 0.1) is 10.3 Å². The Bertz CT molecular complexity index is 452. The van der Waals surface area contributed by atoms with E-state index in [9.17, 15) is 9.59 Å². The van der Waals surface area contributed by atoms with E-state index in [-0.39, 0.29) is 18.4 Å². The Morgan fingerprint density at radius 1 is 1.26 bits per heavy atom. The van der Waals surface area contributed by atoms with Gasteiger partial charge >= 0.3 is 0 Å². The highest BCUT2D eigenvalue weighted by atomic mass is 79.9. The quantitative estimate of drug-likeness (QED) is 0.859. The molecule has 4 nitrogen and oxygen atoms in total. The van der Waals surface area contributed by atoms with E-state index in [1.807, 2.05) is 32.9 Å². The lowest BCUT2D eigenvalue weighted by Gasteiger charge is -2.17. The van der Waals surface area contributed by atoms with Gasteiger partial charge in [-0.05, 0) is 34.5 Å². The summed E-state index contributed by atoms with van der Waals surface area (Å²) in [5, 5.41) is 5.40. The number of carbonyl (C=O) groups is 2. The number of hydrogen-bond acceptors (Lipinski definition) is 3. The zero-order chi connectivity index (χ0) is 14.5. The highest BCUT2D eigenvalue weighted by Gasteiger charge is 2.21. The summed E-state index contributed by atoms with van der Waals surface area (Å²) in [6.07, 6.45) is 0.801. The van der Waals surface area contributed by atoms with Gasteiger partial charge in [0.2, 0.25) is 11.8 Å². The van der Waals surface area contributed by atoms with E-state index < -0.39 is 5.41 Å². The van der Waals surface area contributed by atoms with Crippen molar-refractivity contribution < 1.29 is 9.59 Å². The minimum atomic E-state index is -0.469. The second-order valence-electron chi connectivity index (χ2n) is 5.24. The predicted octanol–water partition coefficient (Wildman–Crippen LogP) is 2.33. The number of amides is 2. The molecule has 0 fully saturated rings. The van der Waals surface area contributed by atoms with Crippen molar-refractivity contribution in [2.75, 3.05) is 13.1 Å². The smallest absolute Gasteiger partial charge is 0.239 e. The van der Waals surface area contributed by atoms with Crippen LogP contribution in [0.15, 0.2) is 15.9 Å². The Balaban J connectivity index is 2.20. The van der Waals surface area contributed by atoms with E-state index in [4.69, 9.17) is 0 Å². The van der Waals surface area contributed by atoms with E-state index >= 15 is 0 Å². The summed E-state index contributed by atoms with van der Waals surface area (Å²) in [5.74, 6) is -0.280. The number of hydrogen-bond donors (Lipinski definition) is 2. The highest BCUT2D eigenvalue weighted by Crippen LogP contribution is 2.21. The minimum absolute atomic E-state index is 0.0320. The average Bonchev–Trinajstić information content (AvgIpc) is 2.70. The first kappa shape index (κ1) is 16.2. The van der Waals surface area contributed by atoms with Crippen LogP contribution in [0.3, 0.4) is 0 Å². The van der Waals surface area contributed by atoms with Crippen molar-refractivity contribution in [3.63, 3.8) is 0 Å². The van der Waals surface area contributed by atoms with Crippen molar-refractivity contribution >= 4 is 39.1 Å². The van der Waals surface area contributed by atoms with Crippen LogP contribution in [0.5, 0.6) is 0 Å². The molecule has 0 aliphatic carbocycles. The molecular formula is C13H19BrN2O2S. The van der Waals surface area contributed by atoms with Crippen molar-refractivity contribution in [1.29, 1.82) is 0 Å². The van der Waals surface area contributed by atoms with Gasteiger partial charge in [-0.1, -0.05) is 20.8 Å². The topological polar surface area (TPSA) is 58.2 Å². The molecule has 106 valence electrons. The Morgan fingerprint density at radius 3 is 2.47 bits per heavy atom. The molecule has 2 amide bonds. The van der Waals surface area contributed by atoms with Gasteiger partial charge in [0.1, 0.15) is 0 Å². The van der Waals surface area contributed by atoms with Crippen LogP contribution in [0.1, 0.15) is 25.6 Å². The first-order valence-electron chi connectivity index (χ1n) is 6.08. The molecule has 0 aliphatic heterocycles. The molecular weight excluding hydrogens is 328 g/mol. The van der Waals surface area contributed by atoms with Crippen molar-refractivity contribution in [3.05, 3.63) is 20.8 Å². The van der Waals surface area contributed by atoms with Crippen LogP contribution in [0.2, 0.25) is 0 Å². The van der Waals surface area contributed by atoms with E-state index in [1.54, 1.807) is 11.3 Å². The summed E-state index contributed by atoms with van der Waals surface area (Å²) in [4.78, 5) is 24.3. The van der Waals surface area contributed by atoms with Gasteiger partial charge in [-0.2, -0.15) is 0 Å². The Kier molecular flexibility index (Phi) is 6.00. The molecule has 0 unspecified atom stereocenters. The number of carbonyl (C=O) groups excluding carboxylic acids is 2. The summed E-state index contributed by atoms with van der Waals surface area (Å²) in [6.45, 7) is 6.06. The molecule has 0 saturated carbocycles. The summed E-state index contributed by atoms with van der Waals surface area (Å²) < 4.78 is 1.09. The summed E-state index contributed by atoms with van der Waals surface area (Å²) >= 11 is 5.05. The van der Waals surface area contributed by atoms with Crippen LogP contribution in [0.4, 0.5) is 0 Å². The van der Waals surface area contributed by atoms with Crippen molar-refractivity contribution in [1.82, 2.24) is 10.6 Å². The average molecular weight is 347 g/mol. The third-order valence-electron chi connectivity index (χ3n) is 2.41. The molecule has 0 spiro atoms. The molecule has 0 saturated heterocycles. The van der Waals surface area contributed by atoms with E-state index in [0.717, 1.165) is 10.2 Å². The monoisotopic (exact) mass is 346 g/mol. The minimum Gasteiger partial charge on any atom is -0.354 e. The maximum absolute atomic E-state index is 11.6. The van der Waals surface area contributed by atoms with Crippen molar-refractivity contribution in [2.24, 2.45) is 5.41 Å². The second kappa shape index (κ2) is 7.05. The van der Waals surface area contributed by atoms with Crippen molar-refractivity contribution in [2.45, 2.75) is 27.2 Å². The lowest BCUT2D eigenvalue weighted by molar-refractivity contribution is -0.131. The van der Waals surface area contributed by atoms with Crippen LogP contribution in [0.25, 0.3) is 0 Å². The van der Waals surface area contributed by atoms with E-state index in [2.05, 4.69) is 26.6 Å². The molecule has 1 heterocycles. The number of nitrogens with one attached hydrogen (secondary N) is 2. The van der Waals surface area contributed by atoms with Gasteiger partial charge in [-0.15, -0.1) is 11.3 Å². The maximum Gasteiger partial charge on any atom is 0.239 e. The SMILES string of the molecule is CC(C)(C)C(=O)NCC(=O)NCCc1ccc(Br)s1. The van der Waals surface area contributed by atoms with Crippen molar-refractivity contribution in [3.8, 4) is 0 Å². The van der Waals surface area contributed by atoms with Crippen LogP contribution < -0.4 is 10.6 Å². The van der Waals surface area contributed by atoms with Gasteiger partial charge in [-0.3, -0.25) is 9.59 Å². The second-order valence-corrected chi connectivity index (χ2v) is 7.79. The predicted molar refractivity (Wildman–Crippen MR) is 81.2 cm³/mol. The molecule has 1 rings (SSSR count). The Hall–Kier alpha value is -0.880. The number of halogens is 1. The number of rotatable bonds is 5. The first-order chi connectivity index (χ1) is 8.79. The van der Waals surface area contributed by atoms with E-state index in [1.165, 1.54) is 4.88 Å². The van der Waals surface area contributed by atoms with Crippen LogP contribution >= 0.6 is 27.3 Å². The summed E-state index contributed by atoms with van der Waals surface area (Å²) in [6, 6.07) is 4.02. The van der Waals surface area contributed by atoms with Gasteiger partial charge < -0.3 is 10.6 Å². The largest absolute Gasteiger partial charge is 0.354 e. The normalized spacial score (nSPS) is 11.2. The fraction of sp³-hybridized carbons (Fsp3) is 0.538. The first-order valence-corrected chi connectivity index (χ1v) is 7.69. The summed E-state index contributed by atoms with van der Waals surface area (Å²) in [5.41, 5.74) is -0.469. The van der Waals surface area contributed by atoms with Gasteiger partial charge in [-0.25, -0.2) is 0 Å². The molecule has 1 aromatic rings. The van der Waals surface area contributed by atoms with Gasteiger partial charge in [0.15, 0.2) is 0 Å². The zero-order valence-electron chi connectivity index (χ0n) is 11.4. The fourth-order valence-corrected chi connectivity index (χ4v) is 2.78. The molecule has 0 atom stereocenters. The summed E-state index contributed by atoms with van der Waals surface area (Å²) in [7, 11) is 0. The third kappa shape index (κ3) is 6.20. The van der Waals surface area contributed by atoms with Crippen LogP contribution in [0, 0.1) is 5.41 Å². The Morgan fingerprint density at radius 2 is 1.95 bits per heavy atom. The molecule has 0 radical (unpaired) electrons. The van der Waals surface area contributed by atoms with Crippen LogP contribution in [-0.4, -0.2) is 24.9 Å². The zero-order valence-corrected chi connectivity index (χ0v) is 13.8. The third-order valence-corrected chi connectivity index (χ3v) is 4.10. The molecule has 1 aromatic heterocycles. The van der Waals surface area contributed by atoms with Gasteiger partial charge in [0, 0.05) is 16.8 Å². The maximum atomic E-state index is 11.6. The highest BCUT2D eigenvalue weighted by molar-refractivity contribution is 9.11. The molecule has 19 heavy (non-hydrogen) atoms. The van der Waals surface area contributed by atoms with E-state index in [0.29, 0.717) is 6.54 Å². The number of thiophene rings is 1. The molecule has 0 bridgehead atoms. The van der Waals surface area contributed by atoms with Crippen LogP contribution in [-0.2, 0) is 16.0 Å². The molecule has 2 N–H and O–H groups in total. The molecule has 6 heteroatoms. The standard InChI is InChI=1S/C13H19BrN2O2S/c1-13(2,3)12(18)16-8-11(17)15-7-6-9-4-5-10(14)19-9/h4-5H,6-8H2,1-3H3,(H,15,17)(H,16,18). The lowest BCUT2D eigenvalue weighted by atomic mass is 9.96.